The van der Waals surface area contributed by atoms with E-state index in [9.17, 15) is 9.90 Å². The van der Waals surface area contributed by atoms with Crippen LogP contribution in [0.3, 0.4) is 0 Å². The second-order valence-electron chi connectivity index (χ2n) is 8.72. The fourth-order valence-corrected chi connectivity index (χ4v) is 4.21. The molecule has 142 valence electrons. The average Bonchev–Trinajstić information content (AvgIpc) is 2.65. The Morgan fingerprint density at radius 1 is 1.00 bits per heavy atom. The monoisotopic (exact) mass is 365 g/mol. The predicted molar refractivity (Wildman–Crippen MR) is 105 cm³/mol. The minimum atomic E-state index is -0.727. The second kappa shape index (κ2) is 6.38. The van der Waals surface area contributed by atoms with Crippen molar-refractivity contribution in [2.75, 3.05) is 13.1 Å². The summed E-state index contributed by atoms with van der Waals surface area (Å²) in [5.41, 5.74) is 0.908. The van der Waals surface area contributed by atoms with Gasteiger partial charge in [-0.2, -0.15) is 0 Å². The van der Waals surface area contributed by atoms with Crippen LogP contribution < -0.4 is 4.74 Å². The molecule has 4 heteroatoms. The van der Waals surface area contributed by atoms with Crippen LogP contribution in [0.25, 0.3) is 0 Å². The predicted octanol–water partition coefficient (Wildman–Crippen LogP) is 4.32. The molecular formula is C23H27NO3. The van der Waals surface area contributed by atoms with Gasteiger partial charge in [0.05, 0.1) is 11.5 Å². The summed E-state index contributed by atoms with van der Waals surface area (Å²) in [4.78, 5) is 15.4. The van der Waals surface area contributed by atoms with Gasteiger partial charge in [0.15, 0.2) is 0 Å². The number of amides is 1. The average molecular weight is 365 g/mol. The van der Waals surface area contributed by atoms with Crippen molar-refractivity contribution >= 4 is 5.91 Å². The molecule has 2 aliphatic rings. The molecule has 2 aliphatic heterocycles. The molecule has 0 bridgehead atoms. The summed E-state index contributed by atoms with van der Waals surface area (Å²) in [5, 5.41) is 11.0. The largest absolute Gasteiger partial charge is 0.457 e. The normalized spacial score (nSPS) is 19.0. The Morgan fingerprint density at radius 3 is 1.96 bits per heavy atom. The zero-order valence-corrected chi connectivity index (χ0v) is 16.2. The van der Waals surface area contributed by atoms with Crippen LogP contribution in [0.15, 0.2) is 48.5 Å². The fourth-order valence-electron chi connectivity index (χ4n) is 4.21. The van der Waals surface area contributed by atoms with Gasteiger partial charge in [-0.05, 0) is 30.4 Å². The number of rotatable bonds is 1. The summed E-state index contributed by atoms with van der Waals surface area (Å²) in [5.74, 6) is 1.23. The molecule has 0 radical (unpaired) electrons. The molecule has 27 heavy (non-hydrogen) atoms. The van der Waals surface area contributed by atoms with E-state index in [1.807, 2.05) is 53.4 Å². The molecule has 4 rings (SSSR count). The van der Waals surface area contributed by atoms with Gasteiger partial charge in [-0.1, -0.05) is 57.2 Å². The van der Waals surface area contributed by atoms with Gasteiger partial charge in [0.25, 0.3) is 0 Å². The maximum Gasteiger partial charge on any atom is 0.234 e. The topological polar surface area (TPSA) is 49.8 Å². The molecule has 0 atom stereocenters. The van der Waals surface area contributed by atoms with Gasteiger partial charge < -0.3 is 14.7 Å². The molecular weight excluding hydrogens is 338 g/mol. The van der Waals surface area contributed by atoms with Crippen LogP contribution in [0.5, 0.6) is 11.5 Å². The SMILES string of the molecule is CC(C)(C)C1(O)CCN(C(=O)C2c3ccccc3Oc3ccccc32)CC1. The van der Waals surface area contributed by atoms with Crippen LogP contribution in [0.4, 0.5) is 0 Å². The van der Waals surface area contributed by atoms with Crippen LogP contribution >= 0.6 is 0 Å². The summed E-state index contributed by atoms with van der Waals surface area (Å²) < 4.78 is 6.01. The van der Waals surface area contributed by atoms with Crippen LogP contribution in [0, 0.1) is 5.41 Å². The van der Waals surface area contributed by atoms with Gasteiger partial charge in [0, 0.05) is 24.2 Å². The lowest BCUT2D eigenvalue weighted by atomic mass is 9.71. The first-order valence-corrected chi connectivity index (χ1v) is 9.67. The van der Waals surface area contributed by atoms with E-state index in [0.29, 0.717) is 25.9 Å². The maximum absolute atomic E-state index is 13.5. The lowest BCUT2D eigenvalue weighted by Crippen LogP contribution is -2.53. The lowest BCUT2D eigenvalue weighted by Gasteiger charge is -2.46. The molecule has 1 saturated heterocycles. The Balaban J connectivity index is 1.64. The summed E-state index contributed by atoms with van der Waals surface area (Å²) in [6.07, 6.45) is 1.21. The zero-order valence-electron chi connectivity index (χ0n) is 16.2. The number of carbonyl (C=O) groups is 1. The minimum absolute atomic E-state index is 0.0918. The summed E-state index contributed by atoms with van der Waals surface area (Å²) in [6.45, 7) is 7.35. The van der Waals surface area contributed by atoms with E-state index in [-0.39, 0.29) is 17.2 Å². The van der Waals surface area contributed by atoms with E-state index in [2.05, 4.69) is 20.8 Å². The third kappa shape index (κ3) is 3.02. The Morgan fingerprint density at radius 2 is 1.48 bits per heavy atom. The highest BCUT2D eigenvalue weighted by molar-refractivity contribution is 5.89. The number of fused-ring (bicyclic) bond motifs is 2. The lowest BCUT2D eigenvalue weighted by molar-refractivity contribution is -0.142. The fraction of sp³-hybridized carbons (Fsp3) is 0.435. The van der Waals surface area contributed by atoms with E-state index in [0.717, 1.165) is 22.6 Å². The van der Waals surface area contributed by atoms with Gasteiger partial charge in [-0.3, -0.25) is 4.79 Å². The number of aliphatic hydroxyl groups is 1. The first-order valence-electron chi connectivity index (χ1n) is 9.67. The van der Waals surface area contributed by atoms with Crippen molar-refractivity contribution in [1.82, 2.24) is 4.90 Å². The van der Waals surface area contributed by atoms with E-state index >= 15 is 0 Å². The summed E-state index contributed by atoms with van der Waals surface area (Å²) >= 11 is 0. The molecule has 1 amide bonds. The van der Waals surface area contributed by atoms with Crippen molar-refractivity contribution in [3.05, 3.63) is 59.7 Å². The van der Waals surface area contributed by atoms with Gasteiger partial charge in [0.1, 0.15) is 11.5 Å². The number of para-hydroxylation sites is 2. The van der Waals surface area contributed by atoms with Crippen molar-refractivity contribution in [2.45, 2.75) is 45.1 Å². The first kappa shape index (κ1) is 18.1. The van der Waals surface area contributed by atoms with Gasteiger partial charge >= 0.3 is 0 Å². The van der Waals surface area contributed by atoms with E-state index in [1.54, 1.807) is 0 Å². The molecule has 1 N–H and O–H groups in total. The van der Waals surface area contributed by atoms with Crippen molar-refractivity contribution in [2.24, 2.45) is 5.41 Å². The van der Waals surface area contributed by atoms with Gasteiger partial charge in [-0.15, -0.1) is 0 Å². The van der Waals surface area contributed by atoms with E-state index < -0.39 is 5.60 Å². The van der Waals surface area contributed by atoms with Crippen molar-refractivity contribution in [1.29, 1.82) is 0 Å². The van der Waals surface area contributed by atoms with Crippen molar-refractivity contribution in [3.8, 4) is 11.5 Å². The molecule has 0 unspecified atom stereocenters. The van der Waals surface area contributed by atoms with Gasteiger partial charge in [0.2, 0.25) is 5.91 Å². The molecule has 1 fully saturated rings. The molecule has 2 heterocycles. The quantitative estimate of drug-likeness (QED) is 0.819. The highest BCUT2D eigenvalue weighted by Gasteiger charge is 2.44. The Hall–Kier alpha value is -2.33. The van der Waals surface area contributed by atoms with Crippen LogP contribution in [-0.4, -0.2) is 34.6 Å². The number of benzene rings is 2. The Labute approximate surface area is 160 Å². The smallest absolute Gasteiger partial charge is 0.234 e. The number of likely N-dealkylation sites (tertiary alicyclic amines) is 1. The first-order chi connectivity index (χ1) is 12.8. The zero-order chi connectivity index (χ0) is 19.2. The van der Waals surface area contributed by atoms with E-state index in [4.69, 9.17) is 4.74 Å². The molecule has 2 aromatic carbocycles. The van der Waals surface area contributed by atoms with Crippen molar-refractivity contribution < 1.29 is 14.6 Å². The summed E-state index contributed by atoms with van der Waals surface area (Å²) in [6, 6.07) is 15.5. The summed E-state index contributed by atoms with van der Waals surface area (Å²) in [7, 11) is 0. The van der Waals surface area contributed by atoms with E-state index in [1.165, 1.54) is 0 Å². The van der Waals surface area contributed by atoms with Crippen LogP contribution in [0.1, 0.15) is 50.7 Å². The molecule has 2 aromatic rings. The number of carbonyl (C=O) groups excluding carboxylic acids is 1. The molecule has 0 aromatic heterocycles. The van der Waals surface area contributed by atoms with Gasteiger partial charge in [-0.25, -0.2) is 0 Å². The third-order valence-corrected chi connectivity index (χ3v) is 6.23. The number of ether oxygens (including phenoxy) is 1. The highest BCUT2D eigenvalue weighted by Crippen LogP contribution is 2.45. The standard InChI is InChI=1S/C23H27NO3/c1-22(2,3)23(26)12-14-24(15-13-23)21(25)20-16-8-4-6-10-18(16)27-19-11-7-5-9-17(19)20/h4-11,20,26H,12-15H2,1-3H3. The van der Waals surface area contributed by atoms with Crippen LogP contribution in [-0.2, 0) is 4.79 Å². The Kier molecular flexibility index (Phi) is 4.26. The number of hydrogen-bond donors (Lipinski definition) is 1. The molecule has 0 aliphatic carbocycles. The second-order valence-corrected chi connectivity index (χ2v) is 8.72. The molecule has 0 saturated carbocycles. The highest BCUT2D eigenvalue weighted by atomic mass is 16.5. The van der Waals surface area contributed by atoms with Crippen molar-refractivity contribution in [3.63, 3.8) is 0 Å². The minimum Gasteiger partial charge on any atom is -0.457 e. The number of nitrogens with zero attached hydrogens (tertiary/aromatic N) is 1. The molecule has 4 nitrogen and oxygen atoms in total. The Bertz CT molecular complexity index is 814. The molecule has 0 spiro atoms. The maximum atomic E-state index is 13.5. The third-order valence-electron chi connectivity index (χ3n) is 6.23. The van der Waals surface area contributed by atoms with Crippen LogP contribution in [0.2, 0.25) is 0 Å². The number of piperidine rings is 1. The number of hydrogen-bond acceptors (Lipinski definition) is 3.